The van der Waals surface area contributed by atoms with Gasteiger partial charge in [-0.15, -0.1) is 0 Å². The molecule has 0 amide bonds. The minimum Gasteiger partial charge on any atom is -0.504 e. The van der Waals surface area contributed by atoms with Crippen molar-refractivity contribution >= 4 is 0 Å². The van der Waals surface area contributed by atoms with Crippen molar-refractivity contribution < 1.29 is 19.7 Å². The maximum atomic E-state index is 10.9. The van der Waals surface area contributed by atoms with Crippen molar-refractivity contribution in [2.45, 2.75) is 71.3 Å². The van der Waals surface area contributed by atoms with Gasteiger partial charge in [-0.3, -0.25) is 0 Å². The highest BCUT2D eigenvalue weighted by molar-refractivity contribution is 5.87. The molecule has 4 heteroatoms. The van der Waals surface area contributed by atoms with E-state index in [1.165, 1.54) is 22.3 Å². The Kier molecular flexibility index (Phi) is 5.13. The average molecular weight is 383 g/mol. The zero-order valence-corrected chi connectivity index (χ0v) is 17.1. The Bertz CT molecular complexity index is 898. The summed E-state index contributed by atoms with van der Waals surface area (Å²) in [6.07, 6.45) is 8.26. The van der Waals surface area contributed by atoms with E-state index in [-0.39, 0.29) is 17.6 Å². The summed E-state index contributed by atoms with van der Waals surface area (Å²) < 4.78 is 11.8. The molecule has 0 bridgehead atoms. The molecule has 0 spiro atoms. The van der Waals surface area contributed by atoms with Crippen LogP contribution >= 0.6 is 0 Å². The zero-order valence-electron chi connectivity index (χ0n) is 17.1. The molecule has 2 aromatic carbocycles. The van der Waals surface area contributed by atoms with Crippen molar-refractivity contribution in [1.29, 1.82) is 0 Å². The minimum atomic E-state index is -0.0644. The number of hydrogen-bond donors (Lipinski definition) is 2. The van der Waals surface area contributed by atoms with Crippen molar-refractivity contribution in [3.8, 4) is 34.1 Å². The molecule has 150 valence electrons. The van der Waals surface area contributed by atoms with Crippen molar-refractivity contribution in [3.05, 3.63) is 34.4 Å². The quantitative estimate of drug-likeness (QED) is 0.751. The van der Waals surface area contributed by atoms with Crippen LogP contribution in [0.25, 0.3) is 11.1 Å². The van der Waals surface area contributed by atoms with Crippen LogP contribution in [0.3, 0.4) is 0 Å². The van der Waals surface area contributed by atoms with Crippen LogP contribution < -0.4 is 9.47 Å². The number of rotatable bonds is 4. The number of phenolic OH excluding ortho intramolecular Hbond substituents is 2. The highest BCUT2D eigenvalue weighted by atomic mass is 16.5. The summed E-state index contributed by atoms with van der Waals surface area (Å²) in [5.74, 6) is 1.36. The van der Waals surface area contributed by atoms with E-state index in [0.717, 1.165) is 62.5 Å². The molecular formula is C24H30O4. The van der Waals surface area contributed by atoms with Gasteiger partial charge in [0, 0.05) is 11.1 Å². The topological polar surface area (TPSA) is 58.9 Å². The Labute approximate surface area is 167 Å². The first kappa shape index (κ1) is 19.0. The summed E-state index contributed by atoms with van der Waals surface area (Å²) in [5, 5.41) is 21.6. The van der Waals surface area contributed by atoms with Crippen LogP contribution in [0.4, 0.5) is 0 Å². The van der Waals surface area contributed by atoms with Crippen molar-refractivity contribution in [3.63, 3.8) is 0 Å². The van der Waals surface area contributed by atoms with E-state index < -0.39 is 0 Å². The van der Waals surface area contributed by atoms with E-state index in [0.29, 0.717) is 11.5 Å². The number of hydrogen-bond acceptors (Lipinski definition) is 4. The molecule has 4 rings (SSSR count). The molecule has 4 nitrogen and oxygen atoms in total. The van der Waals surface area contributed by atoms with Crippen LogP contribution in [0.2, 0.25) is 0 Å². The van der Waals surface area contributed by atoms with Gasteiger partial charge in [0.05, 0.1) is 13.2 Å². The molecule has 0 heterocycles. The molecule has 2 aliphatic rings. The highest BCUT2D eigenvalue weighted by Crippen LogP contribution is 2.52. The molecule has 0 fully saturated rings. The number of phenols is 2. The van der Waals surface area contributed by atoms with Gasteiger partial charge >= 0.3 is 0 Å². The number of aryl methyl sites for hydroxylation is 2. The second-order valence-electron chi connectivity index (χ2n) is 8.26. The van der Waals surface area contributed by atoms with E-state index in [2.05, 4.69) is 0 Å². The number of benzene rings is 2. The molecule has 2 aliphatic carbocycles. The number of aromatic hydroxyl groups is 2. The molecule has 28 heavy (non-hydrogen) atoms. The van der Waals surface area contributed by atoms with E-state index in [4.69, 9.17) is 9.47 Å². The Balaban J connectivity index is 2.09. The van der Waals surface area contributed by atoms with Gasteiger partial charge in [0.25, 0.3) is 0 Å². The van der Waals surface area contributed by atoms with Gasteiger partial charge in [0.15, 0.2) is 23.0 Å². The van der Waals surface area contributed by atoms with Gasteiger partial charge in [0.2, 0.25) is 0 Å². The predicted octanol–water partition coefficient (Wildman–Crippen LogP) is 5.32. The molecule has 2 N–H and O–H groups in total. The summed E-state index contributed by atoms with van der Waals surface area (Å²) >= 11 is 0. The highest BCUT2D eigenvalue weighted by Gasteiger charge is 2.30. The van der Waals surface area contributed by atoms with Crippen LogP contribution in [-0.4, -0.2) is 23.4 Å². The van der Waals surface area contributed by atoms with Crippen molar-refractivity contribution in [1.82, 2.24) is 0 Å². The largest absolute Gasteiger partial charge is 0.504 e. The van der Waals surface area contributed by atoms with Crippen LogP contribution in [0.5, 0.6) is 23.0 Å². The monoisotopic (exact) mass is 382 g/mol. The Morgan fingerprint density at radius 3 is 1.71 bits per heavy atom. The maximum Gasteiger partial charge on any atom is 0.169 e. The van der Waals surface area contributed by atoms with Gasteiger partial charge in [-0.05, 0) is 99.6 Å². The zero-order chi connectivity index (χ0) is 19.8. The fraction of sp³-hybridized carbons (Fsp3) is 0.500. The Morgan fingerprint density at radius 1 is 0.750 bits per heavy atom. The molecule has 2 aromatic rings. The van der Waals surface area contributed by atoms with E-state index in [1.807, 2.05) is 26.0 Å². The molecule has 0 radical (unpaired) electrons. The maximum absolute atomic E-state index is 10.9. The van der Waals surface area contributed by atoms with Crippen LogP contribution in [0.15, 0.2) is 12.1 Å². The summed E-state index contributed by atoms with van der Waals surface area (Å²) in [5.41, 5.74) is 6.67. The van der Waals surface area contributed by atoms with E-state index in [1.54, 1.807) is 7.11 Å². The summed E-state index contributed by atoms with van der Waals surface area (Å²) in [6.45, 7) is 3.94. The summed E-state index contributed by atoms with van der Waals surface area (Å²) in [6, 6.07) is 3.73. The van der Waals surface area contributed by atoms with E-state index >= 15 is 0 Å². The van der Waals surface area contributed by atoms with E-state index in [9.17, 15) is 10.2 Å². The van der Waals surface area contributed by atoms with Gasteiger partial charge in [-0.1, -0.05) is 0 Å². The normalized spacial score (nSPS) is 15.9. The molecular weight excluding hydrogens is 352 g/mol. The molecule has 0 unspecified atom stereocenters. The lowest BCUT2D eigenvalue weighted by Crippen LogP contribution is -2.13. The second kappa shape index (κ2) is 7.57. The standard InChI is InChI=1S/C24H30O4/c1-14(2)28-24-20(26)13-16-9-5-7-11-18(16)22(24)21-17-10-6-4-8-15(17)12-19(25)23(21)27-3/h12-14,25-26H,4-11H2,1-3H3. The molecule has 0 aromatic heterocycles. The SMILES string of the molecule is COc1c(O)cc2c(c1-c1c3c(cc(O)c1OC(C)C)CCCC3)CCCC2. The van der Waals surface area contributed by atoms with Gasteiger partial charge in [0.1, 0.15) is 0 Å². The fourth-order valence-electron chi connectivity index (χ4n) is 4.83. The lowest BCUT2D eigenvalue weighted by molar-refractivity contribution is 0.232. The van der Waals surface area contributed by atoms with Gasteiger partial charge < -0.3 is 19.7 Å². The predicted molar refractivity (Wildman–Crippen MR) is 111 cm³/mol. The first-order chi connectivity index (χ1) is 13.5. The Morgan fingerprint density at radius 2 is 1.21 bits per heavy atom. The molecule has 0 aliphatic heterocycles. The average Bonchev–Trinajstić information content (AvgIpc) is 2.67. The lowest BCUT2D eigenvalue weighted by atomic mass is 9.79. The van der Waals surface area contributed by atoms with Crippen molar-refractivity contribution in [2.75, 3.05) is 7.11 Å². The molecule has 0 atom stereocenters. The Hall–Kier alpha value is -2.36. The number of fused-ring (bicyclic) bond motifs is 2. The first-order valence-electron chi connectivity index (χ1n) is 10.5. The smallest absolute Gasteiger partial charge is 0.169 e. The van der Waals surface area contributed by atoms with Crippen LogP contribution in [0.1, 0.15) is 61.8 Å². The fourth-order valence-corrected chi connectivity index (χ4v) is 4.83. The number of ether oxygens (including phenoxy) is 2. The van der Waals surface area contributed by atoms with Crippen LogP contribution in [0, 0.1) is 0 Å². The molecule has 0 saturated heterocycles. The second-order valence-corrected chi connectivity index (χ2v) is 8.26. The minimum absolute atomic E-state index is 0.0644. The third-order valence-electron chi connectivity index (χ3n) is 5.97. The van der Waals surface area contributed by atoms with Crippen molar-refractivity contribution in [2.24, 2.45) is 0 Å². The summed E-state index contributed by atoms with van der Waals surface area (Å²) in [4.78, 5) is 0. The first-order valence-corrected chi connectivity index (χ1v) is 10.5. The third-order valence-corrected chi connectivity index (χ3v) is 5.97. The van der Waals surface area contributed by atoms with Gasteiger partial charge in [-0.2, -0.15) is 0 Å². The summed E-state index contributed by atoms with van der Waals surface area (Å²) in [7, 11) is 1.60. The van der Waals surface area contributed by atoms with Crippen LogP contribution in [-0.2, 0) is 25.7 Å². The molecule has 0 saturated carbocycles. The third kappa shape index (κ3) is 3.19. The van der Waals surface area contributed by atoms with Gasteiger partial charge in [-0.25, -0.2) is 0 Å². The number of methoxy groups -OCH3 is 1. The lowest BCUT2D eigenvalue weighted by Gasteiger charge is -2.29.